The van der Waals surface area contributed by atoms with Gasteiger partial charge >= 0.3 is 6.18 Å². The molecular formula is C41H42F5N3O3S. The molecule has 0 aliphatic carbocycles. The van der Waals surface area contributed by atoms with Crippen molar-refractivity contribution >= 4 is 23.4 Å². The van der Waals surface area contributed by atoms with Gasteiger partial charge in [-0.1, -0.05) is 60.4 Å². The van der Waals surface area contributed by atoms with Crippen LogP contribution in [0.15, 0.2) is 95.7 Å². The largest absolute Gasteiger partial charge is 0.416 e. The van der Waals surface area contributed by atoms with E-state index in [1.165, 1.54) is 0 Å². The second kappa shape index (κ2) is 16.8. The number of halogens is 5. The molecule has 1 unspecified atom stereocenters. The molecule has 6 nitrogen and oxygen atoms in total. The van der Waals surface area contributed by atoms with Crippen molar-refractivity contribution in [2.45, 2.75) is 50.2 Å². The number of hydrogen-bond donors (Lipinski definition) is 1. The Kier molecular flexibility index (Phi) is 4.70. The van der Waals surface area contributed by atoms with Crippen LogP contribution in [0.5, 0.6) is 0 Å². The monoisotopic (exact) mass is 784 g/mol. The van der Waals surface area contributed by atoms with Gasteiger partial charge in [0.2, 0.25) is 5.91 Å². The Balaban J connectivity index is 1.77. The van der Waals surface area contributed by atoms with Crippen molar-refractivity contribution in [1.29, 1.82) is 0 Å². The van der Waals surface area contributed by atoms with E-state index >= 15 is 9.18 Å². The first kappa shape index (κ1) is 14.8. The average molecular weight is 785 g/mol. The molecule has 6 rings (SSSR count). The standard InChI is InChI=1S/C41H42F5N3O3S/c1-27-22-29(28-12-14-32(15-13-28)41(44,45)46)10-11-30(27)24-48(33-16-18-47(19-17-33)20-21-52-2)38(51)25-49-36-9-4-3-7-34(36)37(50)23-39(49)53-26-31-6-5-8-35(42)40(31)43/h3-15,22-23,33,37,50H,16-21,24-26H2,1-2H3/i2D3,3D,4D,5D,6D,7D,8D,9D,10D,11D,12D,13D,14D,15D,16D2,17D2,18D2,19D2,20D2,21D2,22D,23D,24D2,33D. The van der Waals surface area contributed by atoms with Crippen molar-refractivity contribution in [1.82, 2.24) is 9.80 Å². The van der Waals surface area contributed by atoms with Crippen LogP contribution in [0.3, 0.4) is 0 Å². The fraction of sp³-hybridized carbons (Fsp3) is 0.341. The second-order valence-corrected chi connectivity index (χ2v) is 11.2. The number of thioether (sulfide) groups is 1. The Morgan fingerprint density at radius 2 is 1.79 bits per heavy atom. The van der Waals surface area contributed by atoms with Gasteiger partial charge in [0.15, 0.2) is 11.6 Å². The molecule has 1 N–H and O–H groups in total. The van der Waals surface area contributed by atoms with Crippen molar-refractivity contribution in [3.63, 3.8) is 0 Å². The Labute approximate surface area is 357 Å². The van der Waals surface area contributed by atoms with Crippen LogP contribution >= 0.6 is 11.8 Å². The predicted octanol–water partition coefficient (Wildman–Crippen LogP) is 8.73. The smallest absolute Gasteiger partial charge is 0.384 e. The molecule has 53 heavy (non-hydrogen) atoms. The minimum atomic E-state index is -5.58. The van der Waals surface area contributed by atoms with Crippen LogP contribution < -0.4 is 4.90 Å². The van der Waals surface area contributed by atoms with Gasteiger partial charge in [0.1, 0.15) is 12.6 Å². The van der Waals surface area contributed by atoms with Crippen LogP contribution in [-0.4, -0.2) is 66.5 Å². The number of ether oxygens (including phenoxy) is 1. The van der Waals surface area contributed by atoms with Crippen LogP contribution in [0.2, 0.25) is 0 Å². The Morgan fingerprint density at radius 1 is 1.06 bits per heavy atom. The van der Waals surface area contributed by atoms with Crippen molar-refractivity contribution in [2.75, 3.05) is 44.5 Å². The van der Waals surface area contributed by atoms with E-state index < -0.39 is 251 Å². The van der Waals surface area contributed by atoms with Crippen molar-refractivity contribution in [2.24, 2.45) is 0 Å². The molecule has 2 heterocycles. The number of methoxy groups -OCH3 is 1. The minimum Gasteiger partial charge on any atom is -0.384 e. The van der Waals surface area contributed by atoms with E-state index in [2.05, 4.69) is 4.74 Å². The average Bonchev–Trinajstić information content (AvgIpc) is 0.656. The van der Waals surface area contributed by atoms with Crippen LogP contribution in [0, 0.1) is 18.6 Å². The molecule has 4 aromatic carbocycles. The summed E-state index contributed by atoms with van der Waals surface area (Å²) < 4.78 is 363. The minimum absolute atomic E-state index is 0.0551. The van der Waals surface area contributed by atoms with Crippen LogP contribution in [0.4, 0.5) is 27.6 Å². The summed E-state index contributed by atoms with van der Waals surface area (Å²) in [5, 5.41) is 10.5. The molecular weight excluding hydrogens is 710 g/mol. The first-order valence-electron chi connectivity index (χ1n) is 30.9. The third kappa shape index (κ3) is 9.12. The topological polar surface area (TPSA) is 56.3 Å². The quantitative estimate of drug-likeness (QED) is 0.145. The Morgan fingerprint density at radius 3 is 2.53 bits per heavy atom. The van der Waals surface area contributed by atoms with E-state index in [1.54, 1.807) is 0 Å². The number of hydrogen-bond acceptors (Lipinski definition) is 6. The van der Waals surface area contributed by atoms with Gasteiger partial charge in [-0.15, -0.1) is 11.8 Å². The molecule has 1 saturated heterocycles. The van der Waals surface area contributed by atoms with Gasteiger partial charge < -0.3 is 24.5 Å². The summed E-state index contributed by atoms with van der Waals surface area (Å²) in [5.74, 6) is -7.74. The molecule has 1 atom stereocenters. The number of nitrogens with zero attached hydrogens (tertiary/aromatic N) is 3. The number of alkyl halides is 3. The highest BCUT2D eigenvalue weighted by atomic mass is 32.2. The number of aliphatic hydroxyl groups is 1. The lowest BCUT2D eigenvalue weighted by Crippen LogP contribution is -2.50. The number of aliphatic hydroxyl groups excluding tert-OH is 1. The number of amides is 1. The van der Waals surface area contributed by atoms with Crippen molar-refractivity contribution < 1.29 is 81.8 Å². The third-order valence-corrected chi connectivity index (χ3v) is 7.91. The fourth-order valence-corrected chi connectivity index (χ4v) is 5.39. The normalized spacial score (nSPS) is 31.3. The van der Waals surface area contributed by atoms with Crippen LogP contribution in [0.25, 0.3) is 11.1 Å². The molecule has 2 aliphatic rings. The van der Waals surface area contributed by atoms with Crippen molar-refractivity contribution in [3.8, 4) is 11.1 Å². The summed E-state index contributed by atoms with van der Waals surface area (Å²) in [7, 11) is -4.03. The molecule has 12 heteroatoms. The van der Waals surface area contributed by atoms with Gasteiger partial charge in [-0.3, -0.25) is 4.79 Å². The molecule has 0 saturated carbocycles. The van der Waals surface area contributed by atoms with Crippen LogP contribution in [0.1, 0.15) is 91.9 Å². The summed E-state index contributed by atoms with van der Waals surface area (Å²) in [6.07, 6.45) is -18.4. The van der Waals surface area contributed by atoms with Gasteiger partial charge in [0.05, 0.1) is 48.7 Å². The number of piperidine rings is 1. The third-order valence-electron chi connectivity index (χ3n) is 6.87. The first-order chi connectivity index (χ1) is 38.5. The second-order valence-electron chi connectivity index (χ2n) is 10.3. The number of benzene rings is 4. The number of likely N-dealkylation sites (tertiary alicyclic amines) is 1. The molecule has 2 aliphatic heterocycles. The molecule has 0 aromatic heterocycles. The summed E-state index contributed by atoms with van der Waals surface area (Å²) >= 11 is -0.0551. The van der Waals surface area contributed by atoms with Gasteiger partial charge in [0.25, 0.3) is 0 Å². The molecule has 1 fully saturated rings. The van der Waals surface area contributed by atoms with E-state index in [0.717, 1.165) is 0 Å². The maximum absolute atomic E-state index is 15.9. The number of para-hydroxylation sites is 1. The summed E-state index contributed by atoms with van der Waals surface area (Å²) in [6.45, 7) is -25.7. The highest BCUT2D eigenvalue weighted by molar-refractivity contribution is 8.02. The molecule has 280 valence electrons. The fourth-order valence-electron chi connectivity index (χ4n) is 4.40. The molecule has 1 amide bonds. The van der Waals surface area contributed by atoms with E-state index in [0.29, 0.717) is 6.92 Å². The van der Waals surface area contributed by atoms with E-state index in [1.807, 2.05) is 0 Å². The maximum Gasteiger partial charge on any atom is 0.416 e. The Hall–Kier alpha value is -4.23. The van der Waals surface area contributed by atoms with E-state index in [4.69, 9.17) is 34.3 Å². The predicted molar refractivity (Wildman–Crippen MR) is 198 cm³/mol. The van der Waals surface area contributed by atoms with Gasteiger partial charge in [0, 0.05) is 75.3 Å². The van der Waals surface area contributed by atoms with Gasteiger partial charge in [-0.05, 0) is 72.1 Å². The maximum atomic E-state index is 15.9. The lowest BCUT2D eigenvalue weighted by Gasteiger charge is -2.41. The Bertz CT molecular complexity index is 3450. The highest BCUT2D eigenvalue weighted by Gasteiger charge is 2.33. The number of carbonyl (C=O) groups excluding carboxylic acids is 1. The van der Waals surface area contributed by atoms with Crippen molar-refractivity contribution in [3.05, 3.63) is 135 Å². The molecule has 4 aromatic rings. The molecule has 0 bridgehead atoms. The lowest BCUT2D eigenvalue weighted by atomic mass is 9.97. The highest BCUT2D eigenvalue weighted by Crippen LogP contribution is 2.41. The number of carbonyl (C=O) groups is 1. The van der Waals surface area contributed by atoms with Gasteiger partial charge in [-0.25, -0.2) is 8.78 Å². The zero-order valence-corrected chi connectivity index (χ0v) is 27.2. The van der Waals surface area contributed by atoms with Crippen LogP contribution in [-0.2, 0) is 28.0 Å². The summed E-state index contributed by atoms with van der Waals surface area (Å²) in [5.41, 5.74) is -11.1. The van der Waals surface area contributed by atoms with Gasteiger partial charge in [-0.2, -0.15) is 13.2 Å². The number of rotatable bonds is 12. The van der Waals surface area contributed by atoms with E-state index in [-0.39, 0.29) is 16.7 Å². The first-order valence-corrected chi connectivity index (χ1v) is 15.4. The SMILES string of the molecule is [2H]C1=C(SCc2c([2H])c([2H])c([2H])c(F)c2F)N(CC(=O)N(C([2H])([2H])c2c([2H])c([2H])c(-c3c([2H])c([2H])c(C(F)(F)F)c([2H])c3[2H])c([2H])c2C)C2([2H])C([2H])([2H])C([2H])([2H])N(C([2H])([2H])C([2H])([2H])OC([2H])([2H])[2H])C([2H])([2H])C2([2H])[2H])c2c([2H])c([2H])c([2H])c([2H])c2C1O. The summed E-state index contributed by atoms with van der Waals surface area (Å²) in [4.78, 5) is 13.8. The van der Waals surface area contributed by atoms with E-state index in [9.17, 15) is 33.6 Å². The lowest BCUT2D eigenvalue weighted by molar-refractivity contribution is -0.137. The zero-order valence-electron chi connectivity index (χ0n) is 59.4. The zero-order chi connectivity index (χ0) is 66.7. The molecule has 0 radical (unpaired) electrons. The number of fused-ring (bicyclic) bond motifs is 1. The molecule has 0 spiro atoms. The summed E-state index contributed by atoms with van der Waals surface area (Å²) in [6, 6.07) is -27.2. The number of anilines is 1.